The van der Waals surface area contributed by atoms with Gasteiger partial charge in [-0.1, -0.05) is 13.8 Å². The Morgan fingerprint density at radius 3 is 2.75 bits per heavy atom. The molecule has 0 saturated heterocycles. The summed E-state index contributed by atoms with van der Waals surface area (Å²) < 4.78 is 5.48. The third-order valence-corrected chi connectivity index (χ3v) is 2.71. The molecule has 66 valence electrons. The van der Waals surface area contributed by atoms with Crippen LogP contribution in [0.25, 0.3) is 0 Å². The van der Waals surface area contributed by atoms with Gasteiger partial charge in [0.05, 0.1) is 0 Å². The van der Waals surface area contributed by atoms with Gasteiger partial charge in [0.2, 0.25) is 0 Å². The summed E-state index contributed by atoms with van der Waals surface area (Å²) in [6, 6.07) is 3.83. The molecule has 1 saturated carbocycles. The predicted octanol–water partition coefficient (Wildman–Crippen LogP) is 2.07. The van der Waals surface area contributed by atoms with Crippen LogP contribution < -0.4 is 0 Å². The molecule has 1 fully saturated rings. The highest BCUT2D eigenvalue weighted by molar-refractivity contribution is 5.21. The smallest absolute Gasteiger partial charge is 0.136 e. The van der Waals surface area contributed by atoms with Crippen molar-refractivity contribution < 1.29 is 9.52 Å². The van der Waals surface area contributed by atoms with Gasteiger partial charge in [0.15, 0.2) is 0 Å². The predicted molar refractivity (Wildman–Crippen MR) is 45.8 cm³/mol. The van der Waals surface area contributed by atoms with E-state index in [0.29, 0.717) is 5.92 Å². The van der Waals surface area contributed by atoms with Crippen LogP contribution in [0.1, 0.15) is 31.8 Å². The Hall–Kier alpha value is -0.760. The van der Waals surface area contributed by atoms with Crippen molar-refractivity contribution in [1.29, 1.82) is 0 Å². The summed E-state index contributed by atoms with van der Waals surface area (Å²) in [5, 5.41) is 9.88. The van der Waals surface area contributed by atoms with Gasteiger partial charge in [0.25, 0.3) is 0 Å². The third kappa shape index (κ3) is 0.985. The van der Waals surface area contributed by atoms with Crippen molar-refractivity contribution in [2.45, 2.75) is 32.3 Å². The first-order chi connectivity index (χ1) is 5.66. The molecule has 1 aliphatic carbocycles. The molecule has 1 aliphatic rings. The van der Waals surface area contributed by atoms with Gasteiger partial charge in [-0.25, -0.2) is 0 Å². The average molecular weight is 166 g/mol. The van der Waals surface area contributed by atoms with Crippen molar-refractivity contribution in [2.24, 2.45) is 5.92 Å². The molecule has 0 amide bonds. The first kappa shape index (κ1) is 7.87. The maximum Gasteiger partial charge on any atom is 0.136 e. The summed E-state index contributed by atoms with van der Waals surface area (Å²) in [5.74, 6) is 2.05. The third-order valence-electron chi connectivity index (χ3n) is 2.71. The second kappa shape index (κ2) is 2.36. The maximum absolute atomic E-state index is 9.88. The highest BCUT2D eigenvalue weighted by Gasteiger charge is 2.53. The van der Waals surface area contributed by atoms with E-state index < -0.39 is 5.60 Å². The molecule has 2 rings (SSSR count). The van der Waals surface area contributed by atoms with Gasteiger partial charge in [0, 0.05) is 6.42 Å². The molecule has 12 heavy (non-hydrogen) atoms. The molecule has 1 aromatic rings. The molecule has 2 nitrogen and oxygen atoms in total. The van der Waals surface area contributed by atoms with Gasteiger partial charge < -0.3 is 9.52 Å². The number of aryl methyl sites for hydroxylation is 1. The SMILES string of the molecule is CCc1ccc(C2(O)CC2C)o1. The Balaban J connectivity index is 2.24. The fourth-order valence-corrected chi connectivity index (χ4v) is 1.55. The van der Waals surface area contributed by atoms with E-state index in [1.807, 2.05) is 26.0 Å². The minimum atomic E-state index is -0.645. The highest BCUT2D eigenvalue weighted by Crippen LogP contribution is 2.51. The zero-order valence-electron chi connectivity index (χ0n) is 7.50. The van der Waals surface area contributed by atoms with Gasteiger partial charge in [-0.2, -0.15) is 0 Å². The van der Waals surface area contributed by atoms with E-state index >= 15 is 0 Å². The number of hydrogen-bond donors (Lipinski definition) is 1. The lowest BCUT2D eigenvalue weighted by Crippen LogP contribution is -2.05. The fourth-order valence-electron chi connectivity index (χ4n) is 1.55. The fraction of sp³-hybridized carbons (Fsp3) is 0.600. The van der Waals surface area contributed by atoms with Crippen LogP contribution in [-0.4, -0.2) is 5.11 Å². The Bertz CT molecular complexity index is 290. The molecule has 1 N–H and O–H groups in total. The van der Waals surface area contributed by atoms with E-state index in [1.54, 1.807) is 0 Å². The van der Waals surface area contributed by atoms with Crippen LogP contribution in [0.2, 0.25) is 0 Å². The van der Waals surface area contributed by atoms with Gasteiger partial charge >= 0.3 is 0 Å². The van der Waals surface area contributed by atoms with Crippen LogP contribution in [-0.2, 0) is 12.0 Å². The molecule has 2 heteroatoms. The molecule has 0 aliphatic heterocycles. The molecule has 0 aromatic carbocycles. The summed E-state index contributed by atoms with van der Waals surface area (Å²) in [4.78, 5) is 0. The molecule has 1 aromatic heterocycles. The summed E-state index contributed by atoms with van der Waals surface area (Å²) in [5.41, 5.74) is -0.645. The molecule has 1 heterocycles. The van der Waals surface area contributed by atoms with Crippen molar-refractivity contribution in [3.05, 3.63) is 23.7 Å². The molecular weight excluding hydrogens is 152 g/mol. The van der Waals surface area contributed by atoms with E-state index in [0.717, 1.165) is 24.4 Å². The van der Waals surface area contributed by atoms with Crippen LogP contribution in [0.15, 0.2) is 16.5 Å². The number of rotatable bonds is 2. The van der Waals surface area contributed by atoms with Crippen molar-refractivity contribution in [3.8, 4) is 0 Å². The number of hydrogen-bond acceptors (Lipinski definition) is 2. The Kier molecular flexibility index (Phi) is 1.55. The Morgan fingerprint density at radius 2 is 2.33 bits per heavy atom. The van der Waals surface area contributed by atoms with E-state index in [-0.39, 0.29) is 0 Å². The van der Waals surface area contributed by atoms with Crippen LogP contribution in [0, 0.1) is 5.92 Å². The zero-order valence-corrected chi connectivity index (χ0v) is 7.50. The Labute approximate surface area is 72.2 Å². The quantitative estimate of drug-likeness (QED) is 0.729. The lowest BCUT2D eigenvalue weighted by atomic mass is 10.2. The van der Waals surface area contributed by atoms with Crippen LogP contribution >= 0.6 is 0 Å². The van der Waals surface area contributed by atoms with E-state index in [4.69, 9.17) is 4.42 Å². The minimum Gasteiger partial charge on any atom is -0.463 e. The summed E-state index contributed by atoms with van der Waals surface area (Å²) in [6.07, 6.45) is 1.73. The van der Waals surface area contributed by atoms with E-state index in [2.05, 4.69) is 0 Å². The largest absolute Gasteiger partial charge is 0.463 e. The second-order valence-corrected chi connectivity index (χ2v) is 3.65. The summed E-state index contributed by atoms with van der Waals surface area (Å²) >= 11 is 0. The normalized spacial score (nSPS) is 33.8. The minimum absolute atomic E-state index is 0.355. The van der Waals surface area contributed by atoms with E-state index in [1.165, 1.54) is 0 Å². The standard InChI is InChI=1S/C10H14O2/c1-3-8-4-5-9(12-8)10(11)6-7(10)2/h4-5,7,11H,3,6H2,1-2H3. The number of aliphatic hydroxyl groups is 1. The lowest BCUT2D eigenvalue weighted by Gasteiger charge is -2.03. The Morgan fingerprint density at radius 1 is 1.67 bits per heavy atom. The average Bonchev–Trinajstić information content (AvgIpc) is 2.57. The first-order valence-corrected chi connectivity index (χ1v) is 4.48. The lowest BCUT2D eigenvalue weighted by molar-refractivity contribution is 0.106. The van der Waals surface area contributed by atoms with Gasteiger partial charge in [0.1, 0.15) is 17.1 Å². The van der Waals surface area contributed by atoms with Gasteiger partial charge in [-0.05, 0) is 24.5 Å². The molecule has 0 spiro atoms. The van der Waals surface area contributed by atoms with Crippen LogP contribution in [0.3, 0.4) is 0 Å². The molecule has 0 radical (unpaired) electrons. The van der Waals surface area contributed by atoms with Gasteiger partial charge in [-0.3, -0.25) is 0 Å². The van der Waals surface area contributed by atoms with Crippen molar-refractivity contribution in [2.75, 3.05) is 0 Å². The van der Waals surface area contributed by atoms with Crippen molar-refractivity contribution in [1.82, 2.24) is 0 Å². The zero-order chi connectivity index (χ0) is 8.77. The highest BCUT2D eigenvalue weighted by atomic mass is 16.4. The van der Waals surface area contributed by atoms with Crippen molar-refractivity contribution >= 4 is 0 Å². The van der Waals surface area contributed by atoms with Gasteiger partial charge in [-0.15, -0.1) is 0 Å². The summed E-state index contributed by atoms with van der Waals surface area (Å²) in [7, 11) is 0. The topological polar surface area (TPSA) is 33.4 Å². The summed E-state index contributed by atoms with van der Waals surface area (Å²) in [6.45, 7) is 4.08. The molecule has 2 unspecified atom stereocenters. The van der Waals surface area contributed by atoms with Crippen LogP contribution in [0.4, 0.5) is 0 Å². The molecule has 2 atom stereocenters. The molecular formula is C10H14O2. The van der Waals surface area contributed by atoms with E-state index in [9.17, 15) is 5.11 Å². The van der Waals surface area contributed by atoms with Crippen molar-refractivity contribution in [3.63, 3.8) is 0 Å². The monoisotopic (exact) mass is 166 g/mol. The first-order valence-electron chi connectivity index (χ1n) is 4.48. The van der Waals surface area contributed by atoms with Crippen LogP contribution in [0.5, 0.6) is 0 Å². The molecule has 0 bridgehead atoms. The second-order valence-electron chi connectivity index (χ2n) is 3.65. The maximum atomic E-state index is 9.88. The number of furan rings is 1.